The Kier molecular flexibility index (Phi) is 7.15. The second-order valence-electron chi connectivity index (χ2n) is 8.64. The fourth-order valence-electron chi connectivity index (χ4n) is 4.23. The minimum atomic E-state index is -4.04. The van der Waals surface area contributed by atoms with Crippen LogP contribution in [0.5, 0.6) is 0 Å². The van der Waals surface area contributed by atoms with E-state index in [9.17, 15) is 19.7 Å². The number of nitrogens with two attached hydrogens (primary N) is 1. The number of aliphatic hydroxyl groups excluding tert-OH is 1. The molecule has 0 aromatic carbocycles. The monoisotopic (exact) mass is 508 g/mol. The lowest BCUT2D eigenvalue weighted by molar-refractivity contribution is -0.147. The molecule has 0 saturated carbocycles. The first-order valence-corrected chi connectivity index (χ1v) is 13.0. The Labute approximate surface area is 202 Å². The predicted octanol–water partition coefficient (Wildman–Crippen LogP) is 1.27. The maximum atomic E-state index is 13.3. The summed E-state index contributed by atoms with van der Waals surface area (Å²) in [5.74, 6) is -0.184. The molecule has 2 aromatic heterocycles. The van der Waals surface area contributed by atoms with Crippen LogP contribution in [0.4, 0.5) is 5.82 Å². The molecule has 4 rings (SSSR count). The minimum absolute atomic E-state index is 0.183. The van der Waals surface area contributed by atoms with Gasteiger partial charge in [-0.15, -0.1) is 0 Å². The van der Waals surface area contributed by atoms with Crippen LogP contribution in [0.1, 0.15) is 39.3 Å². The van der Waals surface area contributed by atoms with Gasteiger partial charge in [0.05, 0.1) is 18.9 Å². The van der Waals surface area contributed by atoms with E-state index in [1.165, 1.54) is 17.8 Å². The number of nitrogens with one attached hydrogen (secondary N) is 1. The largest absolute Gasteiger partial charge is 0.464 e. The highest BCUT2D eigenvalue weighted by molar-refractivity contribution is 7.51. The van der Waals surface area contributed by atoms with Crippen LogP contribution in [0.25, 0.3) is 5.52 Å². The van der Waals surface area contributed by atoms with E-state index in [4.69, 9.17) is 24.3 Å². The third-order valence-electron chi connectivity index (χ3n) is 6.45. The van der Waals surface area contributed by atoms with E-state index in [2.05, 4.69) is 15.2 Å². The van der Waals surface area contributed by atoms with Gasteiger partial charge >= 0.3 is 13.7 Å². The third kappa shape index (κ3) is 4.53. The number of hydrogen-bond donors (Lipinski definition) is 3. The number of nitriles is 1. The fourth-order valence-corrected chi connectivity index (χ4v) is 5.92. The summed E-state index contributed by atoms with van der Waals surface area (Å²) in [5, 5.41) is 27.9. The van der Waals surface area contributed by atoms with Crippen molar-refractivity contribution in [3.05, 3.63) is 24.2 Å². The summed E-state index contributed by atoms with van der Waals surface area (Å²) in [4.78, 5) is 16.3. The maximum absolute atomic E-state index is 13.3. The second kappa shape index (κ2) is 9.81. The van der Waals surface area contributed by atoms with Crippen LogP contribution in [0, 0.1) is 17.2 Å². The van der Waals surface area contributed by atoms with Crippen LogP contribution < -0.4 is 10.8 Å². The van der Waals surface area contributed by atoms with Gasteiger partial charge in [-0.2, -0.15) is 10.4 Å². The molecule has 13 nitrogen and oxygen atoms in total. The van der Waals surface area contributed by atoms with Crippen molar-refractivity contribution in [1.82, 2.24) is 19.7 Å². The summed E-state index contributed by atoms with van der Waals surface area (Å²) in [6.07, 6.45) is -0.689. The lowest BCUT2D eigenvalue weighted by Crippen LogP contribution is -2.45. The average Bonchev–Trinajstić information content (AvgIpc) is 3.40. The topological polar surface area (TPSA) is 183 Å². The van der Waals surface area contributed by atoms with Crippen LogP contribution in [0.2, 0.25) is 0 Å². The quantitative estimate of drug-likeness (QED) is 0.343. The Hall–Kier alpha value is -2.59. The van der Waals surface area contributed by atoms with E-state index in [1.54, 1.807) is 12.1 Å². The van der Waals surface area contributed by atoms with Crippen molar-refractivity contribution < 1.29 is 33.0 Å². The van der Waals surface area contributed by atoms with Crippen LogP contribution in [0.3, 0.4) is 0 Å². The number of ether oxygens (including phenoxy) is 2. The summed E-state index contributed by atoms with van der Waals surface area (Å²) in [7, 11) is -4.04. The summed E-state index contributed by atoms with van der Waals surface area (Å²) in [5.41, 5.74) is 4.61. The van der Waals surface area contributed by atoms with Crippen molar-refractivity contribution in [3.63, 3.8) is 0 Å². The lowest BCUT2D eigenvalue weighted by atomic mass is 9.92. The average molecular weight is 508 g/mol. The fraction of sp³-hybridized carbons (Fsp3) is 0.619. The first kappa shape index (κ1) is 25.5. The minimum Gasteiger partial charge on any atom is -0.464 e. The van der Waals surface area contributed by atoms with Crippen molar-refractivity contribution in [2.24, 2.45) is 5.92 Å². The Bertz CT molecular complexity index is 1180. The molecule has 0 aliphatic carbocycles. The maximum Gasteiger partial charge on any atom is 0.406 e. The molecule has 0 amide bonds. The van der Waals surface area contributed by atoms with Crippen molar-refractivity contribution >= 4 is 25.1 Å². The summed E-state index contributed by atoms with van der Waals surface area (Å²) >= 11 is 0. The molecule has 4 heterocycles. The van der Waals surface area contributed by atoms with Crippen molar-refractivity contribution in [1.29, 1.82) is 5.26 Å². The summed E-state index contributed by atoms with van der Waals surface area (Å²) in [6, 6.07) is 4.15. The third-order valence-corrected chi connectivity index (χ3v) is 8.16. The standard InChI is InChI=1S/C21H29N6O7P/c1-4-13(5-2)8-31-20(29)12(3)26-35(30)32-9-15-17(34-35)18(28)21(10-22,33-15)16-7-6-14-19(23)24-11-25-27(14)16/h6-7,11-13,15,17-18,28H,4-5,8-9H2,1-3H3,(H,26,30)(H2,23,24,25)/t12-,15+,17+,18+,21-,35-/m0/s1. The molecule has 2 aromatic rings. The van der Waals surface area contributed by atoms with Crippen molar-refractivity contribution in [2.75, 3.05) is 18.9 Å². The highest BCUT2D eigenvalue weighted by Crippen LogP contribution is 2.55. The zero-order valence-electron chi connectivity index (χ0n) is 19.7. The second-order valence-corrected chi connectivity index (χ2v) is 10.4. The number of nitrogen functional groups attached to an aromatic ring is 1. The molecule has 0 bridgehead atoms. The Morgan fingerprint density at radius 1 is 1.49 bits per heavy atom. The van der Waals surface area contributed by atoms with E-state index in [0.29, 0.717) is 5.52 Å². The number of nitrogens with zero attached hydrogens (tertiary/aromatic N) is 4. The van der Waals surface area contributed by atoms with Gasteiger partial charge in [-0.05, 0) is 25.0 Å². The first-order chi connectivity index (χ1) is 16.7. The van der Waals surface area contributed by atoms with Gasteiger partial charge in [0.15, 0.2) is 5.82 Å². The molecule has 190 valence electrons. The van der Waals surface area contributed by atoms with Crippen LogP contribution in [-0.2, 0) is 33.5 Å². The molecule has 0 spiro atoms. The van der Waals surface area contributed by atoms with E-state index >= 15 is 0 Å². The van der Waals surface area contributed by atoms with Crippen molar-refractivity contribution in [2.45, 2.75) is 63.6 Å². The number of fused-ring (bicyclic) bond motifs is 2. The van der Waals surface area contributed by atoms with Crippen molar-refractivity contribution in [3.8, 4) is 6.07 Å². The van der Waals surface area contributed by atoms with Gasteiger partial charge in [0.1, 0.15) is 42.3 Å². The zero-order valence-corrected chi connectivity index (χ0v) is 20.6. The number of carbonyl (C=O) groups excluding carboxylic acids is 1. The van der Waals surface area contributed by atoms with Crippen LogP contribution in [0.15, 0.2) is 18.5 Å². The zero-order chi connectivity index (χ0) is 25.4. The first-order valence-electron chi connectivity index (χ1n) is 11.4. The van der Waals surface area contributed by atoms with Gasteiger partial charge in [0, 0.05) is 0 Å². The number of aromatic nitrogens is 3. The smallest absolute Gasteiger partial charge is 0.406 e. The molecule has 2 aliphatic heterocycles. The molecule has 0 unspecified atom stereocenters. The Morgan fingerprint density at radius 3 is 2.91 bits per heavy atom. The van der Waals surface area contributed by atoms with Gasteiger partial charge in [-0.1, -0.05) is 26.7 Å². The van der Waals surface area contributed by atoms with E-state index in [1.807, 2.05) is 19.9 Å². The molecule has 2 fully saturated rings. The van der Waals surface area contributed by atoms with Gasteiger partial charge in [-0.25, -0.2) is 19.2 Å². The molecular formula is C21H29N6O7P. The number of esters is 1. The van der Waals surface area contributed by atoms with Gasteiger partial charge < -0.3 is 20.3 Å². The molecule has 2 aliphatic rings. The normalized spacial score (nSPS) is 31.3. The van der Waals surface area contributed by atoms with Gasteiger partial charge in [0.25, 0.3) is 0 Å². The SMILES string of the molecule is CCC(CC)COC(=O)[C@H](C)N[P@]1(=O)OC[C@H]2O[C@@](C#N)(c3ccc4c(N)ncnn34)[C@H](O)[C@@H]2O1. The molecule has 14 heteroatoms. The van der Waals surface area contributed by atoms with Gasteiger partial charge in [-0.3, -0.25) is 13.8 Å². The Balaban J connectivity index is 1.50. The summed E-state index contributed by atoms with van der Waals surface area (Å²) in [6.45, 7) is 5.51. The van der Waals surface area contributed by atoms with E-state index in [-0.39, 0.29) is 30.6 Å². The number of rotatable bonds is 8. The van der Waals surface area contributed by atoms with Crippen LogP contribution in [-0.4, -0.2) is 63.2 Å². The highest BCUT2D eigenvalue weighted by atomic mass is 31.2. The number of anilines is 1. The lowest BCUT2D eigenvalue weighted by Gasteiger charge is -2.32. The molecule has 35 heavy (non-hydrogen) atoms. The molecule has 2 saturated heterocycles. The van der Waals surface area contributed by atoms with E-state index < -0.39 is 43.7 Å². The predicted molar refractivity (Wildman–Crippen MR) is 122 cm³/mol. The number of hydrogen-bond acceptors (Lipinski definition) is 11. The molecule has 0 radical (unpaired) electrons. The highest BCUT2D eigenvalue weighted by Gasteiger charge is 2.62. The molecule has 4 N–H and O–H groups in total. The molecular weight excluding hydrogens is 479 g/mol. The summed E-state index contributed by atoms with van der Waals surface area (Å²) < 4.78 is 36.9. The van der Waals surface area contributed by atoms with E-state index in [0.717, 1.165) is 12.8 Å². The van der Waals surface area contributed by atoms with Gasteiger partial charge in [0.2, 0.25) is 5.60 Å². The Morgan fingerprint density at radius 2 is 2.23 bits per heavy atom. The molecule has 6 atom stereocenters. The number of carbonyl (C=O) groups is 1. The number of aliphatic hydroxyl groups is 1. The van der Waals surface area contributed by atoms with Crippen LogP contribution >= 0.6 is 7.75 Å².